The molecule has 0 fully saturated rings. The van der Waals surface area contributed by atoms with Crippen LogP contribution in [0.2, 0.25) is 21.6 Å². The molecule has 0 aliphatic heterocycles. The topological polar surface area (TPSA) is 104 Å². The van der Waals surface area contributed by atoms with Gasteiger partial charge in [0.05, 0.1) is 45.5 Å². The van der Waals surface area contributed by atoms with Crippen LogP contribution in [0.4, 0.5) is 20.3 Å². The summed E-state index contributed by atoms with van der Waals surface area (Å²) in [7, 11) is -2.45. The van der Waals surface area contributed by atoms with E-state index in [2.05, 4.69) is 73.4 Å². The van der Waals surface area contributed by atoms with Crippen molar-refractivity contribution < 1.29 is 22.5 Å². The largest absolute Gasteiger partial charge is 0.468 e. The summed E-state index contributed by atoms with van der Waals surface area (Å²) in [5, 5.41) is 9.35. The van der Waals surface area contributed by atoms with Crippen LogP contribution in [0, 0.1) is 23.1 Å². The van der Waals surface area contributed by atoms with Crippen LogP contribution in [-0.2, 0) is 15.5 Å². The Balaban J connectivity index is 1.64. The van der Waals surface area contributed by atoms with Crippen LogP contribution in [0.1, 0.15) is 47.1 Å². The second kappa shape index (κ2) is 15.9. The minimum atomic E-state index is -2.32. The second-order valence-electron chi connectivity index (χ2n) is 14.0. The van der Waals surface area contributed by atoms with Gasteiger partial charge in [0, 0.05) is 35.5 Å². The maximum atomic E-state index is 17.1. The normalized spacial score (nSPS) is 12.5. The van der Waals surface area contributed by atoms with Crippen molar-refractivity contribution >= 4 is 63.7 Å². The summed E-state index contributed by atoms with van der Waals surface area (Å²) in [6.45, 7) is 13.0. The molecule has 1 atom stereocenters. The van der Waals surface area contributed by atoms with Crippen LogP contribution in [-0.4, -0.2) is 57.2 Å². The number of rotatable bonds is 11. The summed E-state index contributed by atoms with van der Waals surface area (Å²) in [6, 6.07) is 13.5. The fraction of sp³-hybridized carbons (Fsp3) is 0.300. The molecule has 0 spiro atoms. The lowest BCUT2D eigenvalue weighted by atomic mass is 9.95. The Morgan fingerprint density at radius 3 is 2.41 bits per heavy atom. The van der Waals surface area contributed by atoms with Gasteiger partial charge in [0.15, 0.2) is 12.6 Å². The highest BCUT2D eigenvalue weighted by Crippen LogP contribution is 2.42. The second-order valence-corrected chi connectivity index (χ2v) is 21.2. The van der Waals surface area contributed by atoms with Crippen LogP contribution < -0.4 is 10.1 Å². The first-order chi connectivity index (χ1) is 25.7. The Morgan fingerprint density at radius 2 is 1.74 bits per heavy atom. The molecule has 14 heteroatoms. The molecule has 0 radical (unpaired) electrons. The van der Waals surface area contributed by atoms with Gasteiger partial charge < -0.3 is 14.8 Å². The number of aromatic nitrogens is 5. The standard InChI is InChI=1S/C40H41ClF2N6O3SSi/c1-23(2)54(24(3)4,25(5)6)15-14-31-34(42)13-12-26-16-30(52-22-51-7)18-32(35(26)31)37-36(43)38-33(20-44-40(48-38)53(8)50)39(47-37)46-28-19-45-49(21-28)29-11-9-10-27(41)17-29/h9-13,16-21,23-25H,22H2,1-8H3,(H,46,47). The van der Waals surface area contributed by atoms with Crippen molar-refractivity contribution in [2.45, 2.75) is 63.3 Å². The van der Waals surface area contributed by atoms with E-state index in [0.29, 0.717) is 43.9 Å². The summed E-state index contributed by atoms with van der Waals surface area (Å²) >= 11 is 6.22. The minimum Gasteiger partial charge on any atom is -0.468 e. The van der Waals surface area contributed by atoms with Gasteiger partial charge in [0.25, 0.3) is 0 Å². The molecule has 6 rings (SSSR count). The van der Waals surface area contributed by atoms with Crippen LogP contribution in [0.25, 0.3) is 38.6 Å². The van der Waals surface area contributed by atoms with Crippen molar-refractivity contribution in [2.24, 2.45) is 0 Å². The fourth-order valence-electron chi connectivity index (χ4n) is 7.27. The van der Waals surface area contributed by atoms with Gasteiger partial charge in [0.1, 0.15) is 36.7 Å². The third-order valence-corrected chi connectivity index (χ3v) is 17.0. The summed E-state index contributed by atoms with van der Waals surface area (Å²) in [5.74, 6) is 2.46. The van der Waals surface area contributed by atoms with E-state index in [1.165, 1.54) is 25.6 Å². The highest BCUT2D eigenvalue weighted by atomic mass is 35.5. The molecular formula is C40H41ClF2N6O3SSi. The average molecular weight is 787 g/mol. The molecule has 0 aliphatic rings. The zero-order valence-corrected chi connectivity index (χ0v) is 33.9. The predicted octanol–water partition coefficient (Wildman–Crippen LogP) is 10.00. The van der Waals surface area contributed by atoms with Crippen LogP contribution in [0.5, 0.6) is 5.75 Å². The Bertz CT molecular complexity index is 2440. The molecule has 0 saturated carbocycles. The number of benzene rings is 3. The highest BCUT2D eigenvalue weighted by Gasteiger charge is 2.42. The molecule has 3 aromatic carbocycles. The fourth-order valence-corrected chi connectivity index (χ4v) is 13.1. The third kappa shape index (κ3) is 7.48. The Morgan fingerprint density at radius 1 is 1.00 bits per heavy atom. The van der Waals surface area contributed by atoms with Crippen molar-refractivity contribution in [1.82, 2.24) is 24.7 Å². The number of hydrogen-bond donors (Lipinski definition) is 1. The van der Waals surface area contributed by atoms with Gasteiger partial charge in [-0.05, 0) is 58.4 Å². The summed E-state index contributed by atoms with van der Waals surface area (Å²) in [6.07, 6.45) is 6.10. The van der Waals surface area contributed by atoms with E-state index >= 15 is 8.78 Å². The van der Waals surface area contributed by atoms with Gasteiger partial charge in [-0.3, -0.25) is 4.21 Å². The number of pyridine rings is 1. The number of fused-ring (bicyclic) bond motifs is 2. The van der Waals surface area contributed by atoms with Crippen LogP contribution >= 0.6 is 11.6 Å². The summed E-state index contributed by atoms with van der Waals surface area (Å²) in [4.78, 5) is 13.5. The van der Waals surface area contributed by atoms with Gasteiger partial charge >= 0.3 is 0 Å². The van der Waals surface area contributed by atoms with E-state index in [4.69, 9.17) is 26.1 Å². The van der Waals surface area contributed by atoms with E-state index < -0.39 is 30.5 Å². The first-order valence-electron chi connectivity index (χ1n) is 17.4. The van der Waals surface area contributed by atoms with Gasteiger partial charge in [-0.25, -0.2) is 28.4 Å². The smallest absolute Gasteiger partial charge is 0.218 e. The summed E-state index contributed by atoms with van der Waals surface area (Å²) < 4.78 is 58.5. The predicted molar refractivity (Wildman–Crippen MR) is 215 cm³/mol. The Hall–Kier alpha value is -4.74. The van der Waals surface area contributed by atoms with E-state index in [9.17, 15) is 4.21 Å². The Kier molecular flexibility index (Phi) is 11.5. The van der Waals surface area contributed by atoms with Gasteiger partial charge in [-0.2, -0.15) is 5.10 Å². The molecule has 280 valence electrons. The molecule has 0 aliphatic carbocycles. The molecule has 1 unspecified atom stereocenters. The Labute approximate surface area is 322 Å². The number of ether oxygens (including phenoxy) is 2. The summed E-state index contributed by atoms with van der Waals surface area (Å²) in [5.41, 5.74) is 5.84. The molecule has 0 bridgehead atoms. The van der Waals surface area contributed by atoms with Crippen molar-refractivity contribution in [3.63, 3.8) is 0 Å². The number of hydrogen-bond acceptors (Lipinski definition) is 8. The van der Waals surface area contributed by atoms with Crippen LogP contribution in [0.3, 0.4) is 0 Å². The molecule has 0 saturated heterocycles. The van der Waals surface area contributed by atoms with Crippen molar-refractivity contribution in [1.29, 1.82) is 0 Å². The molecule has 3 aromatic heterocycles. The van der Waals surface area contributed by atoms with Crippen molar-refractivity contribution in [3.8, 4) is 34.2 Å². The quantitative estimate of drug-likeness (QED) is 0.0599. The van der Waals surface area contributed by atoms with Crippen LogP contribution in [0.15, 0.2) is 72.3 Å². The van der Waals surface area contributed by atoms with E-state index in [1.807, 2.05) is 12.1 Å². The lowest BCUT2D eigenvalue weighted by molar-refractivity contribution is 0.0512. The number of halogens is 3. The van der Waals surface area contributed by atoms with Crippen molar-refractivity contribution in [3.05, 3.63) is 89.3 Å². The molecule has 54 heavy (non-hydrogen) atoms. The SMILES string of the molecule is COCOc1cc(-c2nc(Nc3cnn(-c4cccc(Cl)c4)c3)c3cnc(S(C)=O)nc3c2F)c2c(C#C[Si](C(C)C)(C(C)C)C(C)C)c(F)ccc2c1. The molecule has 0 amide bonds. The molecule has 1 N–H and O–H groups in total. The molecule has 3 heterocycles. The number of nitrogens with one attached hydrogen (secondary N) is 1. The maximum Gasteiger partial charge on any atom is 0.218 e. The third-order valence-electron chi connectivity index (χ3n) is 9.75. The van der Waals surface area contributed by atoms with E-state index in [-0.39, 0.29) is 45.5 Å². The van der Waals surface area contributed by atoms with Crippen molar-refractivity contribution in [2.75, 3.05) is 25.5 Å². The van der Waals surface area contributed by atoms with Gasteiger partial charge in [0.2, 0.25) is 5.16 Å². The van der Waals surface area contributed by atoms with Gasteiger partial charge in [-0.15, -0.1) is 5.54 Å². The highest BCUT2D eigenvalue weighted by molar-refractivity contribution is 7.84. The number of nitrogens with zero attached hydrogens (tertiary/aromatic N) is 5. The first kappa shape index (κ1) is 39.0. The zero-order chi connectivity index (χ0) is 38.9. The number of methoxy groups -OCH3 is 1. The molecular weight excluding hydrogens is 746 g/mol. The first-order valence-corrected chi connectivity index (χ1v) is 21.6. The average Bonchev–Trinajstić information content (AvgIpc) is 3.60. The lowest BCUT2D eigenvalue weighted by Crippen LogP contribution is -2.43. The zero-order valence-electron chi connectivity index (χ0n) is 31.3. The monoisotopic (exact) mass is 786 g/mol. The minimum absolute atomic E-state index is 0.0599. The molecule has 9 nitrogen and oxygen atoms in total. The maximum absolute atomic E-state index is 17.1. The van der Waals surface area contributed by atoms with E-state index in [1.54, 1.807) is 47.4 Å². The van der Waals surface area contributed by atoms with E-state index in [0.717, 1.165) is 5.69 Å². The molecule has 6 aromatic rings. The number of anilines is 2. The lowest BCUT2D eigenvalue weighted by Gasteiger charge is -2.38. The van der Waals surface area contributed by atoms with Gasteiger partial charge in [-0.1, -0.05) is 71.2 Å².